The van der Waals surface area contributed by atoms with Crippen LogP contribution in [0.4, 0.5) is 5.69 Å². The molecule has 2 aliphatic heterocycles. The fourth-order valence-corrected chi connectivity index (χ4v) is 4.04. The summed E-state index contributed by atoms with van der Waals surface area (Å²) in [6.07, 6.45) is 7.81. The molecule has 0 aliphatic carbocycles. The van der Waals surface area contributed by atoms with Crippen LogP contribution >= 0.6 is 0 Å². The van der Waals surface area contributed by atoms with Crippen LogP contribution in [0.2, 0.25) is 0 Å². The first kappa shape index (κ1) is 30.9. The first-order valence-electron chi connectivity index (χ1n) is 12.6. The topological polar surface area (TPSA) is 85.4 Å². The zero-order valence-corrected chi connectivity index (χ0v) is 22.2. The molecule has 8 heteroatoms. The highest BCUT2D eigenvalue weighted by Crippen LogP contribution is 2.38. The van der Waals surface area contributed by atoms with Crippen LogP contribution in [-0.2, 0) is 21.0 Å². The van der Waals surface area contributed by atoms with Crippen LogP contribution in [-0.4, -0.2) is 73.6 Å². The maximum atomic E-state index is 12.5. The number of benzene rings is 1. The number of nitrogens with zero attached hydrogens (tertiary/aromatic N) is 3. The van der Waals surface area contributed by atoms with Crippen molar-refractivity contribution in [3.8, 4) is 0 Å². The molecule has 36 heavy (non-hydrogen) atoms. The molecule has 1 saturated heterocycles. The Kier molecular flexibility index (Phi) is 14.9. The lowest BCUT2D eigenvalue weighted by atomic mass is 9.98. The predicted molar refractivity (Wildman–Crippen MR) is 148 cm³/mol. The lowest BCUT2D eigenvalue weighted by Crippen LogP contribution is -2.47. The first-order valence-corrected chi connectivity index (χ1v) is 12.6. The molecule has 1 unspecified atom stereocenters. The Hall–Kier alpha value is -3.10. The van der Waals surface area contributed by atoms with E-state index in [2.05, 4.69) is 67.0 Å². The van der Waals surface area contributed by atoms with Crippen molar-refractivity contribution < 1.29 is 19.5 Å². The average Bonchev–Trinajstić information content (AvgIpc) is 2.89. The highest BCUT2D eigenvalue weighted by molar-refractivity contribution is 5.85. The molecule has 0 spiro atoms. The van der Waals surface area contributed by atoms with Gasteiger partial charge < -0.3 is 25.0 Å². The number of anilines is 1. The summed E-state index contributed by atoms with van der Waals surface area (Å²) in [6, 6.07) is 5.88. The van der Waals surface area contributed by atoms with E-state index in [4.69, 9.17) is 9.94 Å². The van der Waals surface area contributed by atoms with Crippen LogP contribution in [0.25, 0.3) is 5.70 Å². The second kappa shape index (κ2) is 17.3. The van der Waals surface area contributed by atoms with E-state index in [1.165, 1.54) is 5.69 Å². The van der Waals surface area contributed by atoms with E-state index in [1.54, 1.807) is 12.1 Å². The third kappa shape index (κ3) is 9.17. The van der Waals surface area contributed by atoms with E-state index >= 15 is 0 Å². The van der Waals surface area contributed by atoms with Crippen LogP contribution in [0.5, 0.6) is 0 Å². The van der Waals surface area contributed by atoms with E-state index in [0.29, 0.717) is 13.0 Å². The van der Waals surface area contributed by atoms with Crippen LogP contribution < -0.4 is 10.2 Å². The van der Waals surface area contributed by atoms with Gasteiger partial charge in [-0.1, -0.05) is 44.7 Å². The molecule has 2 heterocycles. The van der Waals surface area contributed by atoms with E-state index in [0.717, 1.165) is 81.2 Å². The summed E-state index contributed by atoms with van der Waals surface area (Å²) < 4.78 is 0. The summed E-state index contributed by atoms with van der Waals surface area (Å²) >= 11 is 0. The third-order valence-electron chi connectivity index (χ3n) is 6.04. The molecule has 0 aromatic heterocycles. The molecule has 0 bridgehead atoms. The Labute approximate surface area is 216 Å². The normalized spacial score (nSPS) is 15.8. The Bertz CT molecular complexity index is 850. The monoisotopic (exact) mass is 500 g/mol. The first-order chi connectivity index (χ1) is 17.4. The highest BCUT2D eigenvalue weighted by Gasteiger charge is 2.33. The number of hydrogen-bond donors (Lipinski definition) is 2. The SMILES string of the molecule is C=CCCC(C(=O)NC)N1OCc2cccc(N3CCN(C)CC3)c2C1=C.C=CO.CCCCC=O. The molecule has 1 aromatic carbocycles. The van der Waals surface area contributed by atoms with Gasteiger partial charge in [-0.25, -0.2) is 5.06 Å². The summed E-state index contributed by atoms with van der Waals surface area (Å²) in [4.78, 5) is 32.8. The van der Waals surface area contributed by atoms with Crippen molar-refractivity contribution in [3.63, 3.8) is 0 Å². The third-order valence-corrected chi connectivity index (χ3v) is 6.04. The Morgan fingerprint density at radius 3 is 2.42 bits per heavy atom. The number of hydroxylamine groups is 2. The highest BCUT2D eigenvalue weighted by atomic mass is 16.7. The number of amides is 1. The zero-order chi connectivity index (χ0) is 26.9. The molecule has 200 valence electrons. The van der Waals surface area contributed by atoms with E-state index < -0.39 is 6.04 Å². The summed E-state index contributed by atoms with van der Waals surface area (Å²) in [5, 5.41) is 11.8. The van der Waals surface area contributed by atoms with Crippen molar-refractivity contribution in [2.24, 2.45) is 0 Å². The Balaban J connectivity index is 0.000000621. The number of carbonyl (C=O) groups excluding carboxylic acids is 2. The number of unbranched alkanes of at least 4 members (excludes halogenated alkanes) is 2. The number of carbonyl (C=O) groups is 2. The minimum Gasteiger partial charge on any atom is -0.516 e. The molecule has 1 amide bonds. The van der Waals surface area contributed by atoms with Crippen LogP contribution in [0, 0.1) is 0 Å². The maximum absolute atomic E-state index is 12.5. The minimum absolute atomic E-state index is 0.0708. The van der Waals surface area contributed by atoms with Gasteiger partial charge in [0.2, 0.25) is 5.91 Å². The quantitative estimate of drug-likeness (QED) is 0.226. The minimum atomic E-state index is -0.422. The number of piperazine rings is 1. The average molecular weight is 501 g/mol. The molecule has 8 nitrogen and oxygen atoms in total. The number of likely N-dealkylation sites (N-methyl/N-ethyl adjacent to an activating group) is 2. The zero-order valence-electron chi connectivity index (χ0n) is 22.2. The Morgan fingerprint density at radius 2 is 1.89 bits per heavy atom. The summed E-state index contributed by atoms with van der Waals surface area (Å²) in [5.74, 6) is -0.0708. The van der Waals surface area contributed by atoms with Gasteiger partial charge in [0.15, 0.2) is 0 Å². The molecule has 3 rings (SSSR count). The fraction of sp³-hybridized carbons (Fsp3) is 0.500. The van der Waals surface area contributed by atoms with Gasteiger partial charge in [0.05, 0.1) is 12.0 Å². The maximum Gasteiger partial charge on any atom is 0.245 e. The molecule has 2 aliphatic rings. The number of nitrogens with one attached hydrogen (secondary N) is 1. The number of aliphatic hydroxyl groups excluding tert-OH is 1. The number of aliphatic hydroxyl groups is 1. The van der Waals surface area contributed by atoms with Gasteiger partial charge in [-0.3, -0.25) is 9.63 Å². The van der Waals surface area contributed by atoms with E-state index in [-0.39, 0.29) is 5.91 Å². The van der Waals surface area contributed by atoms with Gasteiger partial charge in [0, 0.05) is 50.9 Å². The van der Waals surface area contributed by atoms with E-state index in [9.17, 15) is 9.59 Å². The second-order valence-electron chi connectivity index (χ2n) is 8.64. The smallest absolute Gasteiger partial charge is 0.245 e. The van der Waals surface area contributed by atoms with Gasteiger partial charge >= 0.3 is 0 Å². The van der Waals surface area contributed by atoms with Crippen LogP contribution in [0.15, 0.2) is 50.3 Å². The van der Waals surface area contributed by atoms with Gasteiger partial charge in [-0.15, -0.1) is 6.58 Å². The fourth-order valence-electron chi connectivity index (χ4n) is 4.04. The van der Waals surface area contributed by atoms with Gasteiger partial charge in [0.25, 0.3) is 0 Å². The standard InChI is InChI=1S/C21H30N4O2.C5H10O.C2H4O/c1-5-6-9-19(21(26)22-3)25-16(2)20-17(15-27-25)8-7-10-18(20)24-13-11-23(4)12-14-24;1-2-3-4-5-6;1-2-3/h5,7-8,10,19H,1-2,6,9,11-15H2,3-4H3,(H,22,26);5H,2-4H2,1H3;2-3H,1H2. The van der Waals surface area contributed by atoms with Gasteiger partial charge in [-0.2, -0.15) is 0 Å². The van der Waals surface area contributed by atoms with Crippen molar-refractivity contribution in [2.45, 2.75) is 51.7 Å². The van der Waals surface area contributed by atoms with Crippen molar-refractivity contribution in [2.75, 3.05) is 45.2 Å². The number of fused-ring (bicyclic) bond motifs is 1. The van der Waals surface area contributed by atoms with Crippen molar-refractivity contribution in [1.82, 2.24) is 15.3 Å². The van der Waals surface area contributed by atoms with Crippen molar-refractivity contribution in [1.29, 1.82) is 0 Å². The molecule has 1 aromatic rings. The molecule has 1 atom stereocenters. The molecule has 2 N–H and O–H groups in total. The molecular weight excluding hydrogens is 456 g/mol. The van der Waals surface area contributed by atoms with Crippen molar-refractivity contribution in [3.05, 3.63) is 61.4 Å². The summed E-state index contributed by atoms with van der Waals surface area (Å²) in [6.45, 7) is 17.6. The molecular formula is C28H44N4O4. The van der Waals surface area contributed by atoms with Crippen LogP contribution in [0.3, 0.4) is 0 Å². The molecule has 0 saturated carbocycles. The lowest BCUT2D eigenvalue weighted by Gasteiger charge is -2.40. The Morgan fingerprint density at radius 1 is 1.22 bits per heavy atom. The largest absolute Gasteiger partial charge is 0.516 e. The number of aldehydes is 1. The number of rotatable bonds is 9. The number of hydrogen-bond acceptors (Lipinski definition) is 7. The van der Waals surface area contributed by atoms with Gasteiger partial charge in [-0.05, 0) is 37.9 Å². The number of allylic oxidation sites excluding steroid dienone is 1. The van der Waals surface area contributed by atoms with Crippen molar-refractivity contribution >= 4 is 23.6 Å². The molecule has 0 radical (unpaired) electrons. The molecule has 1 fully saturated rings. The summed E-state index contributed by atoms with van der Waals surface area (Å²) in [7, 11) is 3.80. The van der Waals surface area contributed by atoms with Crippen LogP contribution in [0.1, 0.15) is 50.2 Å². The van der Waals surface area contributed by atoms with E-state index in [1.807, 2.05) is 6.08 Å². The lowest BCUT2D eigenvalue weighted by molar-refractivity contribution is -0.168. The summed E-state index contributed by atoms with van der Waals surface area (Å²) in [5.41, 5.74) is 4.15. The predicted octanol–water partition coefficient (Wildman–Crippen LogP) is 4.30. The van der Waals surface area contributed by atoms with Gasteiger partial charge in [0.1, 0.15) is 18.9 Å². The second-order valence-corrected chi connectivity index (χ2v) is 8.64.